The molecule has 3 N–H and O–H groups in total. The van der Waals surface area contributed by atoms with Crippen LogP contribution in [0.2, 0.25) is 0 Å². The number of hydrogen-bond donors (Lipinski definition) is 2. The topological polar surface area (TPSA) is 90.9 Å². The van der Waals surface area contributed by atoms with E-state index in [1.807, 2.05) is 10.8 Å². The van der Waals surface area contributed by atoms with Crippen LogP contribution in [0.1, 0.15) is 12.7 Å². The number of methoxy groups -OCH3 is 1. The lowest BCUT2D eigenvalue weighted by Crippen LogP contribution is -2.22. The van der Waals surface area contributed by atoms with Crippen molar-refractivity contribution in [3.05, 3.63) is 30.6 Å². The van der Waals surface area contributed by atoms with Gasteiger partial charge in [-0.3, -0.25) is 0 Å². The molecule has 0 bridgehead atoms. The lowest BCUT2D eigenvalue weighted by Gasteiger charge is -2.15. The van der Waals surface area contributed by atoms with E-state index in [4.69, 9.17) is 10.5 Å². The molecule has 0 aliphatic heterocycles. The minimum atomic E-state index is 0.193. The first-order valence-electron chi connectivity index (χ1n) is 6.02. The molecule has 0 aliphatic rings. The molecule has 19 heavy (non-hydrogen) atoms. The Morgan fingerprint density at radius 2 is 2.32 bits per heavy atom. The zero-order valence-electron chi connectivity index (χ0n) is 11.1. The van der Waals surface area contributed by atoms with E-state index in [-0.39, 0.29) is 6.04 Å². The Bertz CT molecular complexity index is 513. The van der Waals surface area contributed by atoms with Crippen LogP contribution in [0, 0.1) is 0 Å². The van der Waals surface area contributed by atoms with Crippen LogP contribution in [0.3, 0.4) is 0 Å². The number of nitrogens with one attached hydrogen (secondary N) is 1. The molecule has 0 radical (unpaired) electrons. The van der Waals surface area contributed by atoms with Crippen LogP contribution in [0.5, 0.6) is 0 Å². The standard InChI is InChI=1S/C12H18N6O/c1-9(6-18-4-3-14-8-18)15-11-5-10(13)16-12(17-11)7-19-2/h3-5,8-9H,6-7H2,1-2H3,(H3,13,15,16,17). The number of ether oxygens (including phenoxy) is 1. The maximum absolute atomic E-state index is 5.74. The van der Waals surface area contributed by atoms with Crippen molar-refractivity contribution in [2.45, 2.75) is 26.1 Å². The van der Waals surface area contributed by atoms with Crippen molar-refractivity contribution in [3.63, 3.8) is 0 Å². The summed E-state index contributed by atoms with van der Waals surface area (Å²) in [5.74, 6) is 1.70. The zero-order valence-corrected chi connectivity index (χ0v) is 11.1. The average molecular weight is 262 g/mol. The van der Waals surface area contributed by atoms with Crippen molar-refractivity contribution < 1.29 is 4.74 Å². The summed E-state index contributed by atoms with van der Waals surface area (Å²) in [4.78, 5) is 12.4. The minimum Gasteiger partial charge on any atom is -0.384 e. The largest absolute Gasteiger partial charge is 0.384 e. The van der Waals surface area contributed by atoms with Crippen molar-refractivity contribution in [2.24, 2.45) is 0 Å². The highest BCUT2D eigenvalue weighted by Crippen LogP contribution is 2.11. The third kappa shape index (κ3) is 3.92. The molecule has 0 saturated heterocycles. The molecule has 0 fully saturated rings. The number of anilines is 2. The molecule has 2 aromatic rings. The van der Waals surface area contributed by atoms with Gasteiger partial charge in [0.2, 0.25) is 0 Å². The van der Waals surface area contributed by atoms with Gasteiger partial charge in [0.15, 0.2) is 5.82 Å². The number of aromatic nitrogens is 4. The third-order valence-corrected chi connectivity index (χ3v) is 2.50. The molecule has 2 heterocycles. The molecule has 1 atom stereocenters. The summed E-state index contributed by atoms with van der Waals surface area (Å²) in [5, 5.41) is 3.28. The molecule has 0 aromatic carbocycles. The van der Waals surface area contributed by atoms with Gasteiger partial charge in [0, 0.05) is 38.2 Å². The van der Waals surface area contributed by atoms with Gasteiger partial charge >= 0.3 is 0 Å². The lowest BCUT2D eigenvalue weighted by molar-refractivity contribution is 0.178. The first-order valence-corrected chi connectivity index (χ1v) is 6.02. The van der Waals surface area contributed by atoms with Crippen molar-refractivity contribution >= 4 is 11.6 Å². The Kier molecular flexibility index (Phi) is 4.30. The fourth-order valence-electron chi connectivity index (χ4n) is 1.79. The van der Waals surface area contributed by atoms with Crippen LogP contribution in [-0.4, -0.2) is 32.7 Å². The zero-order chi connectivity index (χ0) is 13.7. The summed E-state index contributed by atoms with van der Waals surface area (Å²) in [6, 6.07) is 1.91. The molecular weight excluding hydrogens is 244 g/mol. The Labute approximate surface area is 111 Å². The van der Waals surface area contributed by atoms with E-state index in [1.165, 1.54) is 0 Å². The Morgan fingerprint density at radius 3 is 3.00 bits per heavy atom. The second-order valence-corrected chi connectivity index (χ2v) is 4.33. The van der Waals surface area contributed by atoms with Gasteiger partial charge in [-0.15, -0.1) is 0 Å². The molecule has 0 saturated carbocycles. The quantitative estimate of drug-likeness (QED) is 0.803. The maximum Gasteiger partial charge on any atom is 0.158 e. The molecule has 7 heteroatoms. The van der Waals surface area contributed by atoms with E-state index in [9.17, 15) is 0 Å². The van der Waals surface area contributed by atoms with E-state index in [0.717, 1.165) is 6.54 Å². The number of rotatable bonds is 6. The van der Waals surface area contributed by atoms with Gasteiger partial charge in [-0.2, -0.15) is 0 Å². The average Bonchev–Trinajstić information content (AvgIpc) is 2.81. The molecule has 7 nitrogen and oxygen atoms in total. The molecule has 0 aliphatic carbocycles. The number of imidazole rings is 1. The number of nitrogens with two attached hydrogens (primary N) is 1. The summed E-state index contributed by atoms with van der Waals surface area (Å²) in [5.41, 5.74) is 5.74. The fraction of sp³-hybridized carbons (Fsp3) is 0.417. The monoisotopic (exact) mass is 262 g/mol. The van der Waals surface area contributed by atoms with Crippen molar-refractivity contribution in [1.29, 1.82) is 0 Å². The normalized spacial score (nSPS) is 12.3. The summed E-state index contributed by atoms with van der Waals surface area (Å²) in [6.07, 6.45) is 5.46. The van der Waals surface area contributed by atoms with Crippen LogP contribution in [0.15, 0.2) is 24.8 Å². The van der Waals surface area contributed by atoms with Gasteiger partial charge in [-0.25, -0.2) is 15.0 Å². The molecule has 2 rings (SSSR count). The van der Waals surface area contributed by atoms with Crippen molar-refractivity contribution in [1.82, 2.24) is 19.5 Å². The maximum atomic E-state index is 5.74. The Balaban J connectivity index is 2.01. The van der Waals surface area contributed by atoms with E-state index < -0.39 is 0 Å². The van der Waals surface area contributed by atoms with Crippen molar-refractivity contribution in [2.75, 3.05) is 18.2 Å². The third-order valence-electron chi connectivity index (χ3n) is 2.50. The predicted octanol–water partition coefficient (Wildman–Crippen LogP) is 0.902. The van der Waals surface area contributed by atoms with Crippen LogP contribution in [0.25, 0.3) is 0 Å². The highest BCUT2D eigenvalue weighted by atomic mass is 16.5. The summed E-state index contributed by atoms with van der Waals surface area (Å²) >= 11 is 0. The Hall–Kier alpha value is -2.15. The number of nitrogens with zero attached hydrogens (tertiary/aromatic N) is 4. The lowest BCUT2D eigenvalue weighted by atomic mass is 10.3. The van der Waals surface area contributed by atoms with E-state index in [0.29, 0.717) is 24.1 Å². The van der Waals surface area contributed by atoms with E-state index >= 15 is 0 Å². The van der Waals surface area contributed by atoms with E-state index in [2.05, 4.69) is 27.2 Å². The number of hydrogen-bond acceptors (Lipinski definition) is 6. The van der Waals surface area contributed by atoms with Gasteiger partial charge in [0.25, 0.3) is 0 Å². The second kappa shape index (κ2) is 6.14. The first-order chi connectivity index (χ1) is 9.17. The molecule has 1 unspecified atom stereocenters. The second-order valence-electron chi connectivity index (χ2n) is 4.33. The number of nitrogen functional groups attached to an aromatic ring is 1. The smallest absolute Gasteiger partial charge is 0.158 e. The van der Waals surface area contributed by atoms with E-state index in [1.54, 1.807) is 25.7 Å². The van der Waals surface area contributed by atoms with Gasteiger partial charge in [0.05, 0.1) is 6.33 Å². The molecule has 0 spiro atoms. The van der Waals surface area contributed by atoms with Gasteiger partial charge in [-0.05, 0) is 6.92 Å². The first kappa shape index (κ1) is 13.3. The van der Waals surface area contributed by atoms with Crippen LogP contribution < -0.4 is 11.1 Å². The summed E-state index contributed by atoms with van der Waals surface area (Å²) < 4.78 is 7.01. The molecular formula is C12H18N6O. The Morgan fingerprint density at radius 1 is 1.47 bits per heavy atom. The van der Waals surface area contributed by atoms with Gasteiger partial charge in [-0.1, -0.05) is 0 Å². The molecule has 2 aromatic heterocycles. The van der Waals surface area contributed by atoms with Gasteiger partial charge < -0.3 is 20.4 Å². The minimum absolute atomic E-state index is 0.193. The van der Waals surface area contributed by atoms with Gasteiger partial charge in [0.1, 0.15) is 18.2 Å². The molecule has 0 amide bonds. The van der Waals surface area contributed by atoms with Crippen LogP contribution in [-0.2, 0) is 17.9 Å². The summed E-state index contributed by atoms with van der Waals surface area (Å²) in [7, 11) is 1.60. The van der Waals surface area contributed by atoms with Crippen LogP contribution in [0.4, 0.5) is 11.6 Å². The van der Waals surface area contributed by atoms with Crippen molar-refractivity contribution in [3.8, 4) is 0 Å². The molecule has 102 valence electrons. The fourth-order valence-corrected chi connectivity index (χ4v) is 1.79. The highest BCUT2D eigenvalue weighted by molar-refractivity contribution is 5.45. The predicted molar refractivity (Wildman–Crippen MR) is 72.5 cm³/mol. The summed E-state index contributed by atoms with van der Waals surface area (Å²) in [6.45, 7) is 3.20. The van der Waals surface area contributed by atoms with Crippen LogP contribution >= 0.6 is 0 Å². The SMILES string of the molecule is COCc1nc(N)cc(NC(C)Cn2ccnc2)n1. The highest BCUT2D eigenvalue weighted by Gasteiger charge is 2.07.